The van der Waals surface area contributed by atoms with Gasteiger partial charge in [-0.05, 0) is 239 Å². The zero-order valence-electron chi connectivity index (χ0n) is 69.6. The van der Waals surface area contributed by atoms with Crippen LogP contribution in [0.15, 0.2) is 77.3 Å². The molecule has 8 aliphatic rings. The second-order valence-corrected chi connectivity index (χ2v) is 36.5. The first kappa shape index (κ1) is 90.4. The van der Waals surface area contributed by atoms with E-state index in [1.54, 1.807) is 0 Å². The third-order valence-corrected chi connectivity index (χ3v) is 26.3. The van der Waals surface area contributed by atoms with Gasteiger partial charge >= 0.3 is 0 Å². The topological polar surface area (TPSA) is 201 Å². The number of nitrogens with one attached hydrogen (secondary N) is 4. The molecule has 4 amide bonds. The van der Waals surface area contributed by atoms with Gasteiger partial charge in [0.25, 0.3) is 23.6 Å². The number of benzene rings is 4. The van der Waals surface area contributed by atoms with Crippen molar-refractivity contribution in [3.05, 3.63) is 160 Å². The van der Waals surface area contributed by atoms with Gasteiger partial charge < -0.3 is 0 Å². The zero-order chi connectivity index (χ0) is 83.0. The first-order chi connectivity index (χ1) is 58.2. The molecule has 4 aliphatic heterocycles. The second kappa shape index (κ2) is 45.9. The smallest absolute Gasteiger partial charge is 0.283 e. The molecule has 0 saturated carbocycles. The van der Waals surface area contributed by atoms with E-state index < -0.39 is 0 Å². The zero-order valence-corrected chi connectivity index (χ0v) is 75.8. The first-order valence-electron chi connectivity index (χ1n) is 44.5. The van der Waals surface area contributed by atoms with Gasteiger partial charge in [-0.25, -0.2) is 20.0 Å². The number of unbranched alkanes of at least 4 members (excludes halogenated alkanes) is 8. The Bertz CT molecular complexity index is 4360. The molecule has 16 rings (SSSR count). The van der Waals surface area contributed by atoms with Gasteiger partial charge in [-0.3, -0.25) is 59.6 Å². The number of carbonyl (C=O) groups is 4. The predicted octanol–water partition coefficient (Wildman–Crippen LogP) is 20.3. The van der Waals surface area contributed by atoms with Gasteiger partial charge in [0.15, 0.2) is 22.8 Å². The van der Waals surface area contributed by atoms with Crippen LogP contribution in [0.25, 0.3) is 45.0 Å². The number of fused-ring (bicyclic) bond motifs is 12. The van der Waals surface area contributed by atoms with Crippen molar-refractivity contribution in [1.82, 2.24) is 80.9 Å². The summed E-state index contributed by atoms with van der Waals surface area (Å²) in [5, 5.41) is 29.0. The third kappa shape index (κ3) is 24.0. The molecule has 4 saturated heterocycles. The molecule has 4 fully saturated rings. The van der Waals surface area contributed by atoms with E-state index in [1.165, 1.54) is 64.6 Å². The predicted molar refractivity (Wildman–Crippen MR) is 486 cm³/mol. The monoisotopic (exact) mass is 1800 g/mol. The Labute approximate surface area is 742 Å². The number of aryl methyl sites for hydroxylation is 9. The summed E-state index contributed by atoms with van der Waals surface area (Å²) in [5.41, 5.74) is 34.8. The molecule has 0 bridgehead atoms. The largest absolute Gasteiger partial charge is 0.286 e. The van der Waals surface area contributed by atoms with Gasteiger partial charge in [0.05, 0.1) is 22.8 Å². The third-order valence-electron chi connectivity index (χ3n) is 24.3. The van der Waals surface area contributed by atoms with Crippen molar-refractivity contribution in [1.29, 1.82) is 0 Å². The fourth-order valence-corrected chi connectivity index (χ4v) is 19.8. The minimum atomic E-state index is -0.0833. The number of hydrogen-bond donors (Lipinski definition) is 4. The quantitative estimate of drug-likeness (QED) is 0.0267. The Kier molecular flexibility index (Phi) is 34.8. The highest BCUT2D eigenvalue weighted by molar-refractivity contribution is 9.10. The Balaban J connectivity index is 0.000000137. The summed E-state index contributed by atoms with van der Waals surface area (Å²) in [5.74, 6) is 2.48. The summed E-state index contributed by atoms with van der Waals surface area (Å²) < 4.78 is 9.34. The minimum absolute atomic E-state index is 0.0526. The Morgan fingerprint density at radius 1 is 0.319 bits per heavy atom. The number of piperidine rings is 4. The Morgan fingerprint density at radius 3 is 0.916 bits per heavy atom. The Morgan fingerprint density at radius 2 is 0.597 bits per heavy atom. The summed E-state index contributed by atoms with van der Waals surface area (Å²) >= 11 is 39.5. The summed E-state index contributed by atoms with van der Waals surface area (Å²) in [7, 11) is 0. The second-order valence-electron chi connectivity index (χ2n) is 33.2. The van der Waals surface area contributed by atoms with E-state index >= 15 is 0 Å². The Hall–Kier alpha value is -6.34. The van der Waals surface area contributed by atoms with Gasteiger partial charge in [-0.1, -0.05) is 132 Å². The van der Waals surface area contributed by atoms with Crippen molar-refractivity contribution in [2.75, 3.05) is 75.9 Å². The van der Waals surface area contributed by atoms with Crippen LogP contribution < -0.4 is 21.7 Å². The summed E-state index contributed by atoms with van der Waals surface area (Å²) in [6.07, 6.45) is 36.7. The highest BCUT2D eigenvalue weighted by atomic mass is 79.9. The van der Waals surface area contributed by atoms with Crippen LogP contribution in [0.5, 0.6) is 0 Å². The molecule has 0 radical (unpaired) electrons. The van der Waals surface area contributed by atoms with Crippen molar-refractivity contribution in [3.63, 3.8) is 0 Å². The molecule has 8 aromatic rings. The number of aromatic nitrogens is 8. The maximum atomic E-state index is 13.2. The van der Waals surface area contributed by atoms with Crippen LogP contribution in [-0.2, 0) is 77.5 Å². The first-order valence-corrected chi connectivity index (χ1v) is 48.2. The number of amides is 4. The summed E-state index contributed by atoms with van der Waals surface area (Å²) in [6, 6.07) is 25.3. The normalized spacial score (nSPS) is 16.5. The van der Waals surface area contributed by atoms with Crippen molar-refractivity contribution in [2.24, 2.45) is 0 Å². The average Bonchev–Trinajstić information content (AvgIpc) is 1.64. The maximum absolute atomic E-state index is 13.2. The lowest BCUT2D eigenvalue weighted by Crippen LogP contribution is -2.45. The molecule has 8 heterocycles. The van der Waals surface area contributed by atoms with Gasteiger partial charge in [-0.2, -0.15) is 20.4 Å². The van der Waals surface area contributed by atoms with Gasteiger partial charge in [-0.15, -0.1) is 46.4 Å². The number of halogens is 7. The molecule has 27 heteroatoms. The lowest BCUT2D eigenvalue weighted by Gasteiger charge is -2.26. The molecule has 119 heavy (non-hydrogen) atoms. The molecule has 4 N–H and O–H groups in total. The molecular formula is C92H121BrCl6N16O4. The van der Waals surface area contributed by atoms with Crippen molar-refractivity contribution < 1.29 is 19.2 Å². The van der Waals surface area contributed by atoms with E-state index in [-0.39, 0.29) is 23.6 Å². The molecule has 0 atom stereocenters. The number of alkyl halides is 4. The summed E-state index contributed by atoms with van der Waals surface area (Å²) in [6.45, 7) is 12.7. The molecule has 0 spiro atoms. The van der Waals surface area contributed by atoms with Crippen molar-refractivity contribution >= 4 is 109 Å². The van der Waals surface area contributed by atoms with Gasteiger partial charge in [0, 0.05) is 161 Å². The lowest BCUT2D eigenvalue weighted by molar-refractivity contribution is 0.0735. The number of hydrogen-bond acceptors (Lipinski definition) is 12. The number of carbonyl (C=O) groups excluding carboxylic acids is 4. The van der Waals surface area contributed by atoms with Crippen LogP contribution in [0.2, 0.25) is 10.0 Å². The summed E-state index contributed by atoms with van der Waals surface area (Å²) in [4.78, 5) is 52.7. The SMILES string of the molecule is Cc1ccc2c(c1)CCCc1c(C(=O)NN3CCCCC3)nn(CCCCCCl)c1-2.O=C(NN1CCCCC1)c1nn(CCCCCCl)c2c1CCCc1cc(Br)ccc1-2.O=C(NN1CCCCC1)c1nn(CCCCCCl)c2c1CCCc1cc(Cl)ccc1-2.O=C(NN1CCCCC1)c1nn(CCCCCCl)c2c1CCc1cc(Cl)ccc1-2. The highest BCUT2D eigenvalue weighted by Crippen LogP contribution is 2.42. The van der Waals surface area contributed by atoms with Crippen LogP contribution >= 0.6 is 85.5 Å². The van der Waals surface area contributed by atoms with Crippen LogP contribution in [0.4, 0.5) is 0 Å². The fraction of sp³-hybridized carbons (Fsp3) is 0.565. The molecule has 4 aromatic heterocycles. The maximum Gasteiger partial charge on any atom is 0.286 e. The lowest BCUT2D eigenvalue weighted by atomic mass is 9.88. The van der Waals surface area contributed by atoms with Crippen LogP contribution in [0, 0.1) is 6.92 Å². The molecule has 4 aliphatic carbocycles. The minimum Gasteiger partial charge on any atom is -0.283 e. The van der Waals surface area contributed by atoms with Crippen molar-refractivity contribution in [3.8, 4) is 45.0 Å². The van der Waals surface area contributed by atoms with Gasteiger partial charge in [0.1, 0.15) is 0 Å². The van der Waals surface area contributed by atoms with E-state index in [1.807, 2.05) is 37.6 Å². The highest BCUT2D eigenvalue weighted by Gasteiger charge is 2.34. The molecule has 4 aromatic carbocycles. The van der Waals surface area contributed by atoms with E-state index in [0.29, 0.717) is 46.3 Å². The number of nitrogens with zero attached hydrogens (tertiary/aromatic N) is 12. The van der Waals surface area contributed by atoms with Crippen LogP contribution in [-0.4, -0.2) is 159 Å². The van der Waals surface area contributed by atoms with E-state index in [0.717, 1.165) is 348 Å². The van der Waals surface area contributed by atoms with Crippen LogP contribution in [0.1, 0.15) is 265 Å². The molecule has 642 valence electrons. The van der Waals surface area contributed by atoms with E-state index in [2.05, 4.69) is 119 Å². The van der Waals surface area contributed by atoms with E-state index in [9.17, 15) is 19.2 Å². The van der Waals surface area contributed by atoms with E-state index in [4.69, 9.17) is 90.0 Å². The fourth-order valence-electron chi connectivity index (χ4n) is 18.3. The average molecular weight is 1810 g/mol. The molecule has 20 nitrogen and oxygen atoms in total. The molecular weight excluding hydrogens is 1690 g/mol. The number of rotatable bonds is 28. The van der Waals surface area contributed by atoms with Crippen LogP contribution in [0.3, 0.4) is 0 Å². The van der Waals surface area contributed by atoms with Crippen molar-refractivity contribution in [2.45, 2.75) is 258 Å². The van der Waals surface area contributed by atoms with Gasteiger partial charge in [0.2, 0.25) is 0 Å². The number of hydrazine groups is 4. The molecule has 0 unspecified atom stereocenters. The standard InChI is InChI=1S/C24H33ClN4O.C23H30BrClN4O.C23H30Cl2N4O.C22H28Cl2N4O/c1-18-11-12-20-19(17-18)9-8-10-21-22(24(30)27-28-14-5-3-6-15-28)26-29(23(20)21)16-7-2-4-13-25;24-18-10-11-19-17(16-18)8-7-9-20-21(23(30)27-28-13-4-2-5-14-28)26-29(22(19)20)15-6-1-3-12-25;24-12-3-1-6-15-29-22-19-11-10-18(25)16-17(19)8-7-9-20(22)21(26-29)23(30)27-28-13-4-2-5-14-28;23-11-3-1-6-14-28-21-18-10-8-17(24)15-16(18)7-9-19(21)20(25-28)22(29)26-27-12-4-2-5-13-27/h11-12,17H,2-10,13-16H2,1H3,(H,27,30);2*10-11,16H,1-9,12-15H2,(H,27,30);8,10,15H,1-7,9,11-14H2,(H,26,29).